The summed E-state index contributed by atoms with van der Waals surface area (Å²) in [5.41, 5.74) is 1.52. The van der Waals surface area contributed by atoms with Crippen LogP contribution in [0.1, 0.15) is 31.4 Å². The standard InChI is InChI=1S/C21H23Cl3N2O2/c1-3-19(21(28)25-4-2)26(13-15-8-9-17(23)12-18(15)24)20(27)11-14-6-5-7-16(22)10-14/h5-10,12,19H,3-4,11,13H2,1-2H3,(H,25,28). The molecule has 0 saturated carbocycles. The van der Waals surface area contributed by atoms with Gasteiger partial charge in [-0.3, -0.25) is 9.59 Å². The van der Waals surface area contributed by atoms with Crippen LogP contribution >= 0.6 is 34.8 Å². The Morgan fingerprint density at radius 3 is 2.36 bits per heavy atom. The van der Waals surface area contributed by atoms with E-state index in [4.69, 9.17) is 34.8 Å². The molecule has 0 fully saturated rings. The minimum atomic E-state index is -0.599. The summed E-state index contributed by atoms with van der Waals surface area (Å²) < 4.78 is 0. The molecule has 0 spiro atoms. The minimum Gasteiger partial charge on any atom is -0.355 e. The predicted octanol–water partition coefficient (Wildman–Crippen LogP) is 5.13. The zero-order chi connectivity index (χ0) is 20.7. The van der Waals surface area contributed by atoms with Crippen molar-refractivity contribution in [2.75, 3.05) is 6.54 Å². The molecule has 0 aromatic heterocycles. The zero-order valence-electron chi connectivity index (χ0n) is 15.8. The molecule has 0 saturated heterocycles. The molecule has 0 aliphatic heterocycles. The number of nitrogens with zero attached hydrogens (tertiary/aromatic N) is 1. The van der Waals surface area contributed by atoms with Crippen molar-refractivity contribution in [3.63, 3.8) is 0 Å². The third-order valence-electron chi connectivity index (χ3n) is 4.34. The van der Waals surface area contributed by atoms with Crippen LogP contribution in [0.15, 0.2) is 42.5 Å². The van der Waals surface area contributed by atoms with E-state index in [0.717, 1.165) is 11.1 Å². The number of rotatable bonds is 8. The lowest BCUT2D eigenvalue weighted by molar-refractivity contribution is -0.140. The van der Waals surface area contributed by atoms with E-state index >= 15 is 0 Å². The van der Waals surface area contributed by atoms with Crippen LogP contribution < -0.4 is 5.32 Å². The van der Waals surface area contributed by atoms with Crippen LogP contribution in [0.5, 0.6) is 0 Å². The van der Waals surface area contributed by atoms with E-state index in [1.807, 2.05) is 19.9 Å². The smallest absolute Gasteiger partial charge is 0.242 e. The molecular weight excluding hydrogens is 419 g/mol. The highest BCUT2D eigenvalue weighted by molar-refractivity contribution is 6.35. The topological polar surface area (TPSA) is 49.4 Å². The van der Waals surface area contributed by atoms with E-state index in [1.54, 1.807) is 41.3 Å². The van der Waals surface area contributed by atoms with Crippen molar-refractivity contribution in [1.29, 1.82) is 0 Å². The molecule has 4 nitrogen and oxygen atoms in total. The van der Waals surface area contributed by atoms with Gasteiger partial charge in [-0.2, -0.15) is 0 Å². The van der Waals surface area contributed by atoms with Gasteiger partial charge in [-0.1, -0.05) is 59.9 Å². The van der Waals surface area contributed by atoms with Crippen LogP contribution in [-0.2, 0) is 22.6 Å². The summed E-state index contributed by atoms with van der Waals surface area (Å²) in [6.45, 7) is 4.43. The van der Waals surface area contributed by atoms with Gasteiger partial charge in [-0.15, -0.1) is 0 Å². The van der Waals surface area contributed by atoms with Gasteiger partial charge in [0.1, 0.15) is 6.04 Å². The number of hydrogen-bond acceptors (Lipinski definition) is 2. The predicted molar refractivity (Wildman–Crippen MR) is 115 cm³/mol. The molecule has 0 aliphatic rings. The average Bonchev–Trinajstić information content (AvgIpc) is 2.63. The quantitative estimate of drug-likeness (QED) is 0.617. The van der Waals surface area contributed by atoms with Crippen molar-refractivity contribution in [2.45, 2.75) is 39.3 Å². The summed E-state index contributed by atoms with van der Waals surface area (Å²) in [6, 6.07) is 11.7. The first-order valence-electron chi connectivity index (χ1n) is 9.11. The maximum Gasteiger partial charge on any atom is 0.242 e. The second-order valence-corrected chi connectivity index (χ2v) is 7.66. The maximum absolute atomic E-state index is 13.1. The van der Waals surface area contributed by atoms with Crippen molar-refractivity contribution in [2.24, 2.45) is 0 Å². The van der Waals surface area contributed by atoms with Gasteiger partial charge in [0.05, 0.1) is 6.42 Å². The lowest BCUT2D eigenvalue weighted by Crippen LogP contribution is -2.49. The molecule has 1 N–H and O–H groups in total. The van der Waals surface area contributed by atoms with Crippen LogP contribution in [0.3, 0.4) is 0 Å². The molecule has 1 unspecified atom stereocenters. The molecule has 1 atom stereocenters. The Morgan fingerprint density at radius 2 is 1.75 bits per heavy atom. The molecule has 0 aliphatic carbocycles. The van der Waals surface area contributed by atoms with E-state index in [2.05, 4.69) is 5.32 Å². The molecule has 2 aromatic rings. The van der Waals surface area contributed by atoms with Crippen molar-refractivity contribution < 1.29 is 9.59 Å². The largest absolute Gasteiger partial charge is 0.355 e. The Labute approximate surface area is 180 Å². The number of likely N-dealkylation sites (N-methyl/N-ethyl adjacent to an activating group) is 1. The third kappa shape index (κ3) is 6.13. The molecule has 2 rings (SSSR count). The molecular formula is C21H23Cl3N2O2. The van der Waals surface area contributed by atoms with Gasteiger partial charge in [0.2, 0.25) is 11.8 Å². The fourth-order valence-corrected chi connectivity index (χ4v) is 3.65. The summed E-state index contributed by atoms with van der Waals surface area (Å²) in [7, 11) is 0. The second kappa shape index (κ2) is 10.7. The third-order valence-corrected chi connectivity index (χ3v) is 5.16. The first kappa shape index (κ1) is 22.5. The second-order valence-electron chi connectivity index (χ2n) is 6.38. The monoisotopic (exact) mass is 440 g/mol. The summed E-state index contributed by atoms with van der Waals surface area (Å²) in [4.78, 5) is 27.3. The SMILES string of the molecule is CCNC(=O)C(CC)N(Cc1ccc(Cl)cc1Cl)C(=O)Cc1cccc(Cl)c1. The van der Waals surface area contributed by atoms with Gasteiger partial charge < -0.3 is 10.2 Å². The number of benzene rings is 2. The van der Waals surface area contributed by atoms with Crippen molar-refractivity contribution in [1.82, 2.24) is 10.2 Å². The Balaban J connectivity index is 2.33. The van der Waals surface area contributed by atoms with Gasteiger partial charge in [-0.25, -0.2) is 0 Å². The van der Waals surface area contributed by atoms with E-state index in [-0.39, 0.29) is 24.8 Å². The molecule has 0 heterocycles. The number of carbonyl (C=O) groups is 2. The highest BCUT2D eigenvalue weighted by atomic mass is 35.5. The normalized spacial score (nSPS) is 11.8. The molecule has 150 valence electrons. The molecule has 28 heavy (non-hydrogen) atoms. The molecule has 2 aromatic carbocycles. The van der Waals surface area contributed by atoms with Gasteiger partial charge >= 0.3 is 0 Å². The van der Waals surface area contributed by atoms with Crippen molar-refractivity contribution >= 4 is 46.6 Å². The summed E-state index contributed by atoms with van der Waals surface area (Å²) in [5.74, 6) is -0.360. The molecule has 2 amide bonds. The lowest BCUT2D eigenvalue weighted by Gasteiger charge is -2.31. The van der Waals surface area contributed by atoms with Crippen molar-refractivity contribution in [3.8, 4) is 0 Å². The summed E-state index contributed by atoms with van der Waals surface area (Å²) >= 11 is 18.3. The van der Waals surface area contributed by atoms with Crippen LogP contribution in [0.4, 0.5) is 0 Å². The van der Waals surface area contributed by atoms with Gasteiger partial charge in [0.15, 0.2) is 0 Å². The maximum atomic E-state index is 13.1. The Hall–Kier alpha value is -1.75. The van der Waals surface area contributed by atoms with Gasteiger partial charge in [0.25, 0.3) is 0 Å². The number of carbonyl (C=O) groups excluding carboxylic acids is 2. The van der Waals surface area contributed by atoms with Gasteiger partial charge in [-0.05, 0) is 48.7 Å². The van der Waals surface area contributed by atoms with Crippen LogP contribution in [0.2, 0.25) is 15.1 Å². The van der Waals surface area contributed by atoms with Crippen molar-refractivity contribution in [3.05, 3.63) is 68.7 Å². The fraction of sp³-hybridized carbons (Fsp3) is 0.333. The van der Waals surface area contributed by atoms with Crippen LogP contribution in [0, 0.1) is 0 Å². The highest BCUT2D eigenvalue weighted by Gasteiger charge is 2.28. The number of amides is 2. The Kier molecular flexibility index (Phi) is 8.61. The molecule has 0 bridgehead atoms. The Morgan fingerprint density at radius 1 is 1.04 bits per heavy atom. The first-order valence-corrected chi connectivity index (χ1v) is 10.2. The van der Waals surface area contributed by atoms with E-state index in [9.17, 15) is 9.59 Å². The van der Waals surface area contributed by atoms with Crippen LogP contribution in [-0.4, -0.2) is 29.3 Å². The number of nitrogens with one attached hydrogen (secondary N) is 1. The lowest BCUT2D eigenvalue weighted by atomic mass is 10.1. The summed E-state index contributed by atoms with van der Waals surface area (Å²) in [5, 5.41) is 4.34. The minimum absolute atomic E-state index is 0.141. The van der Waals surface area contributed by atoms with E-state index in [1.165, 1.54) is 0 Å². The Bertz CT molecular complexity index is 842. The zero-order valence-corrected chi connectivity index (χ0v) is 18.1. The summed E-state index contributed by atoms with van der Waals surface area (Å²) in [6.07, 6.45) is 0.625. The van der Waals surface area contributed by atoms with E-state index in [0.29, 0.717) is 28.0 Å². The first-order chi connectivity index (χ1) is 13.3. The molecule has 0 radical (unpaired) electrons. The molecule has 7 heteroatoms. The number of hydrogen-bond donors (Lipinski definition) is 1. The van der Waals surface area contributed by atoms with Gasteiger partial charge in [0, 0.05) is 28.2 Å². The highest BCUT2D eigenvalue weighted by Crippen LogP contribution is 2.24. The average molecular weight is 442 g/mol. The fourth-order valence-electron chi connectivity index (χ4n) is 2.97. The number of halogens is 3. The van der Waals surface area contributed by atoms with E-state index < -0.39 is 6.04 Å². The van der Waals surface area contributed by atoms with Crippen LogP contribution in [0.25, 0.3) is 0 Å².